The third-order valence-electron chi connectivity index (χ3n) is 1.62. The molecule has 2 atom stereocenters. The SMILES string of the molecule is [CH2-][NH+]1CC(C)OC(C)C1. The average Bonchev–Trinajstić information content (AvgIpc) is 1.59. The first-order valence-electron chi connectivity index (χ1n) is 3.50. The third-order valence-corrected chi connectivity index (χ3v) is 1.62. The summed E-state index contributed by atoms with van der Waals surface area (Å²) in [6, 6.07) is 0. The Hall–Kier alpha value is -0.0800. The zero-order valence-electron chi connectivity index (χ0n) is 6.18. The number of rotatable bonds is 0. The highest BCUT2D eigenvalue weighted by molar-refractivity contribution is 4.57. The quantitative estimate of drug-likeness (QED) is 0.434. The molecule has 1 aliphatic heterocycles. The van der Waals surface area contributed by atoms with Crippen LogP contribution >= 0.6 is 0 Å². The second-order valence-electron chi connectivity index (χ2n) is 2.92. The molecule has 0 amide bonds. The Balaban J connectivity index is 2.34. The fourth-order valence-corrected chi connectivity index (χ4v) is 1.39. The predicted molar refractivity (Wildman–Crippen MR) is 36.1 cm³/mol. The summed E-state index contributed by atoms with van der Waals surface area (Å²) in [5.41, 5.74) is 0. The second kappa shape index (κ2) is 2.67. The Morgan fingerprint density at radius 3 is 2.11 bits per heavy atom. The summed E-state index contributed by atoms with van der Waals surface area (Å²) < 4.78 is 5.50. The summed E-state index contributed by atoms with van der Waals surface area (Å²) in [7, 11) is 3.94. The third kappa shape index (κ3) is 1.95. The molecule has 2 unspecified atom stereocenters. The lowest BCUT2D eigenvalue weighted by Crippen LogP contribution is -3.10. The molecule has 0 saturated carbocycles. The molecular formula is C7H15NO. The molecule has 1 N–H and O–H groups in total. The van der Waals surface area contributed by atoms with Crippen LogP contribution in [-0.2, 0) is 4.74 Å². The van der Waals surface area contributed by atoms with Gasteiger partial charge in [-0.2, -0.15) is 7.05 Å². The molecule has 1 saturated heterocycles. The molecule has 0 aromatic heterocycles. The number of ether oxygens (including phenoxy) is 1. The predicted octanol–water partition coefficient (Wildman–Crippen LogP) is -0.530. The van der Waals surface area contributed by atoms with E-state index < -0.39 is 0 Å². The Bertz CT molecular complexity index is 69.9. The van der Waals surface area contributed by atoms with Gasteiger partial charge in [0.15, 0.2) is 0 Å². The monoisotopic (exact) mass is 129 g/mol. The Kier molecular flexibility index (Phi) is 2.09. The van der Waals surface area contributed by atoms with E-state index in [0.717, 1.165) is 13.1 Å². The van der Waals surface area contributed by atoms with E-state index in [1.165, 1.54) is 4.90 Å². The van der Waals surface area contributed by atoms with Crippen LogP contribution in [0.25, 0.3) is 0 Å². The molecule has 1 fully saturated rings. The first-order valence-corrected chi connectivity index (χ1v) is 3.50. The largest absolute Gasteiger partial charge is 0.464 e. The summed E-state index contributed by atoms with van der Waals surface area (Å²) in [6.07, 6.45) is 0.780. The van der Waals surface area contributed by atoms with Crippen molar-refractivity contribution in [2.45, 2.75) is 26.1 Å². The highest BCUT2D eigenvalue weighted by Crippen LogP contribution is 1.97. The summed E-state index contributed by atoms with van der Waals surface area (Å²) >= 11 is 0. The summed E-state index contributed by atoms with van der Waals surface area (Å²) in [6.45, 7) is 6.29. The molecule has 1 aliphatic rings. The molecule has 0 aromatic carbocycles. The van der Waals surface area contributed by atoms with E-state index >= 15 is 0 Å². The van der Waals surface area contributed by atoms with Crippen LogP contribution in [0.1, 0.15) is 13.8 Å². The van der Waals surface area contributed by atoms with Crippen molar-refractivity contribution < 1.29 is 9.64 Å². The van der Waals surface area contributed by atoms with Gasteiger partial charge in [0.2, 0.25) is 0 Å². The normalized spacial score (nSPS) is 45.0. The number of morpholine rings is 1. The maximum Gasteiger partial charge on any atom is 0.102 e. The van der Waals surface area contributed by atoms with Crippen molar-refractivity contribution >= 4 is 0 Å². The first kappa shape index (κ1) is 7.03. The van der Waals surface area contributed by atoms with Crippen LogP contribution in [0, 0.1) is 7.05 Å². The number of nitrogens with one attached hydrogen (secondary N) is 1. The molecule has 0 spiro atoms. The average molecular weight is 129 g/mol. The molecular weight excluding hydrogens is 114 g/mol. The van der Waals surface area contributed by atoms with Gasteiger partial charge in [0.25, 0.3) is 0 Å². The summed E-state index contributed by atoms with van der Waals surface area (Å²) in [5.74, 6) is 0. The van der Waals surface area contributed by atoms with Gasteiger partial charge < -0.3 is 9.64 Å². The molecule has 0 aromatic rings. The van der Waals surface area contributed by atoms with Gasteiger partial charge in [-0.15, -0.1) is 0 Å². The Labute approximate surface area is 56.8 Å². The van der Waals surface area contributed by atoms with Crippen LogP contribution in [0.5, 0.6) is 0 Å². The van der Waals surface area contributed by atoms with Crippen molar-refractivity contribution in [2.24, 2.45) is 0 Å². The zero-order valence-corrected chi connectivity index (χ0v) is 6.18. The Morgan fingerprint density at radius 1 is 1.33 bits per heavy atom. The van der Waals surface area contributed by atoms with Crippen LogP contribution < -0.4 is 4.90 Å². The van der Waals surface area contributed by atoms with Crippen molar-refractivity contribution in [1.29, 1.82) is 0 Å². The van der Waals surface area contributed by atoms with Crippen molar-refractivity contribution in [3.63, 3.8) is 0 Å². The number of hydrogen-bond donors (Lipinski definition) is 1. The van der Waals surface area contributed by atoms with Crippen LogP contribution in [0.15, 0.2) is 0 Å². The smallest absolute Gasteiger partial charge is 0.102 e. The number of hydrogen-bond acceptors (Lipinski definition) is 1. The second-order valence-corrected chi connectivity index (χ2v) is 2.92. The molecule has 1 heterocycles. The van der Waals surface area contributed by atoms with E-state index in [4.69, 9.17) is 4.74 Å². The van der Waals surface area contributed by atoms with Crippen LogP contribution in [0.3, 0.4) is 0 Å². The van der Waals surface area contributed by atoms with E-state index in [1.807, 2.05) is 0 Å². The Morgan fingerprint density at radius 2 is 1.78 bits per heavy atom. The van der Waals surface area contributed by atoms with Gasteiger partial charge in [-0.3, -0.25) is 0 Å². The lowest BCUT2D eigenvalue weighted by Gasteiger charge is -2.34. The molecule has 0 aliphatic carbocycles. The van der Waals surface area contributed by atoms with Gasteiger partial charge in [-0.05, 0) is 13.8 Å². The minimum absolute atomic E-state index is 0.390. The summed E-state index contributed by atoms with van der Waals surface area (Å²) in [5, 5.41) is 0. The molecule has 0 bridgehead atoms. The highest BCUT2D eigenvalue weighted by Gasteiger charge is 2.18. The maximum absolute atomic E-state index is 5.50. The first-order chi connectivity index (χ1) is 4.18. The van der Waals surface area contributed by atoms with Gasteiger partial charge >= 0.3 is 0 Å². The molecule has 1 rings (SSSR count). The minimum atomic E-state index is 0.390. The van der Waals surface area contributed by atoms with Gasteiger partial charge in [0.1, 0.15) is 12.2 Å². The zero-order chi connectivity index (χ0) is 6.85. The van der Waals surface area contributed by atoms with Gasteiger partial charge in [-0.25, -0.2) is 0 Å². The van der Waals surface area contributed by atoms with E-state index in [-0.39, 0.29) is 0 Å². The fourth-order valence-electron chi connectivity index (χ4n) is 1.39. The summed E-state index contributed by atoms with van der Waals surface area (Å²) in [4.78, 5) is 1.33. The highest BCUT2D eigenvalue weighted by atomic mass is 16.5. The molecule has 9 heavy (non-hydrogen) atoms. The van der Waals surface area contributed by atoms with E-state index in [2.05, 4.69) is 20.9 Å². The van der Waals surface area contributed by atoms with E-state index in [9.17, 15) is 0 Å². The van der Waals surface area contributed by atoms with Crippen molar-refractivity contribution in [2.75, 3.05) is 13.1 Å². The standard InChI is InChI=1S/C7H15NO/c1-6-4-8(3)5-7(2)9-6/h6-8H,3-5H2,1-2H3. The van der Waals surface area contributed by atoms with Gasteiger partial charge in [0, 0.05) is 0 Å². The van der Waals surface area contributed by atoms with Gasteiger partial charge in [0.05, 0.1) is 13.1 Å². The van der Waals surface area contributed by atoms with Crippen LogP contribution in [0.4, 0.5) is 0 Å². The van der Waals surface area contributed by atoms with Crippen molar-refractivity contribution in [3.8, 4) is 0 Å². The van der Waals surface area contributed by atoms with E-state index in [0.29, 0.717) is 12.2 Å². The lowest BCUT2D eigenvalue weighted by molar-refractivity contribution is -0.870. The lowest BCUT2D eigenvalue weighted by atomic mass is 10.2. The molecule has 0 radical (unpaired) electrons. The van der Waals surface area contributed by atoms with Crippen molar-refractivity contribution in [1.82, 2.24) is 0 Å². The minimum Gasteiger partial charge on any atom is -0.464 e. The fraction of sp³-hybridized carbons (Fsp3) is 0.857. The van der Waals surface area contributed by atoms with Crippen LogP contribution in [0.2, 0.25) is 0 Å². The van der Waals surface area contributed by atoms with E-state index in [1.54, 1.807) is 0 Å². The van der Waals surface area contributed by atoms with Gasteiger partial charge in [-0.1, -0.05) is 0 Å². The van der Waals surface area contributed by atoms with Crippen LogP contribution in [-0.4, -0.2) is 25.3 Å². The van der Waals surface area contributed by atoms with Crippen molar-refractivity contribution in [3.05, 3.63) is 7.05 Å². The topological polar surface area (TPSA) is 13.7 Å². The molecule has 54 valence electrons. The maximum atomic E-state index is 5.50. The molecule has 2 nitrogen and oxygen atoms in total. The molecule has 2 heteroatoms. The number of quaternary nitrogens is 1.